The van der Waals surface area contributed by atoms with E-state index in [1.165, 1.54) is 0 Å². The van der Waals surface area contributed by atoms with Gasteiger partial charge in [-0.15, -0.1) is 0 Å². The first-order chi connectivity index (χ1) is 6.68. The van der Waals surface area contributed by atoms with E-state index < -0.39 is 0 Å². The van der Waals surface area contributed by atoms with Crippen LogP contribution in [0.3, 0.4) is 0 Å². The van der Waals surface area contributed by atoms with Crippen LogP contribution in [0.1, 0.15) is 45.4 Å². The molecule has 1 saturated heterocycles. The van der Waals surface area contributed by atoms with Crippen LogP contribution >= 0.6 is 0 Å². The molecule has 0 aromatic carbocycles. The molecule has 1 heterocycles. The van der Waals surface area contributed by atoms with Crippen LogP contribution in [0, 0.1) is 0 Å². The molecule has 1 atom stereocenters. The third-order valence-corrected chi connectivity index (χ3v) is 2.88. The van der Waals surface area contributed by atoms with Crippen molar-refractivity contribution in [1.82, 2.24) is 0 Å². The van der Waals surface area contributed by atoms with Crippen molar-refractivity contribution < 1.29 is 14.6 Å². The van der Waals surface area contributed by atoms with Crippen molar-refractivity contribution >= 4 is 5.78 Å². The number of ether oxygens (including phenoxy) is 1. The minimum Gasteiger partial charge on any atom is -0.393 e. The van der Waals surface area contributed by atoms with Gasteiger partial charge in [0.2, 0.25) is 0 Å². The van der Waals surface area contributed by atoms with Crippen molar-refractivity contribution in [2.24, 2.45) is 0 Å². The van der Waals surface area contributed by atoms with Gasteiger partial charge in [-0.05, 0) is 32.6 Å². The van der Waals surface area contributed by atoms with Crippen molar-refractivity contribution in [3.63, 3.8) is 0 Å². The Balaban J connectivity index is 2.18. The van der Waals surface area contributed by atoms with E-state index in [2.05, 4.69) is 0 Å². The van der Waals surface area contributed by atoms with E-state index in [-0.39, 0.29) is 18.0 Å². The highest BCUT2D eigenvalue weighted by atomic mass is 16.5. The van der Waals surface area contributed by atoms with Crippen molar-refractivity contribution in [3.8, 4) is 0 Å². The summed E-state index contributed by atoms with van der Waals surface area (Å²) in [5.41, 5.74) is -0.281. The second-order valence-corrected chi connectivity index (χ2v) is 4.20. The molecule has 0 aromatic rings. The lowest BCUT2D eigenvalue weighted by Crippen LogP contribution is -2.32. The van der Waals surface area contributed by atoms with Crippen LogP contribution in [0.5, 0.6) is 0 Å². The van der Waals surface area contributed by atoms with Crippen molar-refractivity contribution in [2.45, 2.75) is 51.0 Å². The molecule has 1 aliphatic rings. The quantitative estimate of drug-likeness (QED) is 0.663. The third-order valence-electron chi connectivity index (χ3n) is 2.88. The van der Waals surface area contributed by atoms with Gasteiger partial charge in [-0.2, -0.15) is 0 Å². The molecule has 0 spiro atoms. The van der Waals surface area contributed by atoms with Gasteiger partial charge in [-0.25, -0.2) is 0 Å². The van der Waals surface area contributed by atoms with E-state index in [0.717, 1.165) is 38.7 Å². The van der Waals surface area contributed by atoms with E-state index in [0.29, 0.717) is 6.42 Å². The number of Topliss-reactive ketones (excluding diaryl/α,β-unsaturated/α-hetero) is 1. The zero-order valence-electron chi connectivity index (χ0n) is 8.92. The van der Waals surface area contributed by atoms with Crippen LogP contribution in [-0.2, 0) is 9.53 Å². The molecule has 1 fully saturated rings. The lowest BCUT2D eigenvalue weighted by molar-refractivity contribution is -0.117. The normalized spacial score (nSPS) is 26.7. The van der Waals surface area contributed by atoms with Gasteiger partial charge < -0.3 is 14.6 Å². The predicted molar refractivity (Wildman–Crippen MR) is 54.2 cm³/mol. The summed E-state index contributed by atoms with van der Waals surface area (Å²) < 4.78 is 5.56. The molecule has 1 N–H and O–H groups in total. The fraction of sp³-hybridized carbons (Fsp3) is 0.909. The molecule has 0 amide bonds. The topological polar surface area (TPSA) is 46.5 Å². The average Bonchev–Trinajstić information content (AvgIpc) is 2.62. The standard InChI is InChI=1S/C11H20O3/c1-10(13)5-2-3-6-11(9-12)7-4-8-14-11/h12H,2-9H2,1H3. The van der Waals surface area contributed by atoms with Gasteiger partial charge in [0.25, 0.3) is 0 Å². The first kappa shape index (κ1) is 11.7. The summed E-state index contributed by atoms with van der Waals surface area (Å²) in [5.74, 6) is 0.246. The number of rotatable bonds is 6. The van der Waals surface area contributed by atoms with Crippen molar-refractivity contribution in [3.05, 3.63) is 0 Å². The second kappa shape index (κ2) is 5.47. The zero-order valence-corrected chi connectivity index (χ0v) is 8.92. The molecule has 14 heavy (non-hydrogen) atoms. The van der Waals surface area contributed by atoms with E-state index in [1.807, 2.05) is 0 Å². The van der Waals surface area contributed by atoms with Crippen LogP contribution in [0.15, 0.2) is 0 Å². The van der Waals surface area contributed by atoms with Gasteiger partial charge >= 0.3 is 0 Å². The number of hydrogen-bond donors (Lipinski definition) is 1. The number of aliphatic hydroxyl groups excluding tert-OH is 1. The summed E-state index contributed by atoms with van der Waals surface area (Å²) in [5, 5.41) is 9.23. The number of carbonyl (C=O) groups is 1. The average molecular weight is 200 g/mol. The van der Waals surface area contributed by atoms with Gasteiger partial charge in [0.15, 0.2) is 0 Å². The van der Waals surface area contributed by atoms with Crippen LogP contribution in [-0.4, -0.2) is 29.7 Å². The molecular weight excluding hydrogens is 180 g/mol. The summed E-state index contributed by atoms with van der Waals surface area (Å²) in [6.07, 6.45) is 5.44. The zero-order chi connectivity index (χ0) is 10.4. The van der Waals surface area contributed by atoms with Gasteiger partial charge in [-0.1, -0.05) is 6.42 Å². The molecule has 1 unspecified atom stereocenters. The Labute approximate surface area is 85.5 Å². The highest BCUT2D eigenvalue weighted by Gasteiger charge is 2.33. The van der Waals surface area contributed by atoms with Crippen LogP contribution in [0.2, 0.25) is 0 Å². The summed E-state index contributed by atoms with van der Waals surface area (Å²) in [7, 11) is 0. The fourth-order valence-electron chi connectivity index (χ4n) is 1.98. The molecule has 3 heteroatoms. The van der Waals surface area contributed by atoms with Gasteiger partial charge in [-0.3, -0.25) is 0 Å². The molecular formula is C11H20O3. The summed E-state index contributed by atoms with van der Waals surface area (Å²) in [6, 6.07) is 0. The largest absolute Gasteiger partial charge is 0.393 e. The van der Waals surface area contributed by atoms with E-state index in [1.54, 1.807) is 6.92 Å². The fourth-order valence-corrected chi connectivity index (χ4v) is 1.98. The number of ketones is 1. The highest BCUT2D eigenvalue weighted by Crippen LogP contribution is 2.30. The Morgan fingerprint density at radius 2 is 2.29 bits per heavy atom. The lowest BCUT2D eigenvalue weighted by atomic mass is 9.93. The van der Waals surface area contributed by atoms with Gasteiger partial charge in [0.05, 0.1) is 12.2 Å². The van der Waals surface area contributed by atoms with E-state index in [9.17, 15) is 9.90 Å². The molecule has 0 saturated carbocycles. The first-order valence-electron chi connectivity index (χ1n) is 5.43. The Hall–Kier alpha value is -0.410. The van der Waals surface area contributed by atoms with E-state index in [4.69, 9.17) is 4.74 Å². The monoisotopic (exact) mass is 200 g/mol. The minimum absolute atomic E-state index is 0.118. The molecule has 0 bridgehead atoms. The van der Waals surface area contributed by atoms with Gasteiger partial charge in [0, 0.05) is 13.0 Å². The number of hydrogen-bond acceptors (Lipinski definition) is 3. The SMILES string of the molecule is CC(=O)CCCCC1(CO)CCCO1. The van der Waals surface area contributed by atoms with Crippen molar-refractivity contribution in [1.29, 1.82) is 0 Å². The predicted octanol–water partition coefficient (Wildman–Crippen LogP) is 1.68. The molecule has 1 aliphatic heterocycles. The Kier molecular flexibility index (Phi) is 4.55. The molecule has 3 nitrogen and oxygen atoms in total. The Bertz CT molecular complexity index is 183. The molecule has 82 valence electrons. The Morgan fingerprint density at radius 1 is 1.50 bits per heavy atom. The molecule has 0 aromatic heterocycles. The smallest absolute Gasteiger partial charge is 0.129 e. The minimum atomic E-state index is -0.281. The van der Waals surface area contributed by atoms with Crippen LogP contribution in [0.25, 0.3) is 0 Å². The summed E-state index contributed by atoms with van der Waals surface area (Å²) in [4.78, 5) is 10.7. The lowest BCUT2D eigenvalue weighted by Gasteiger charge is -2.25. The van der Waals surface area contributed by atoms with Crippen molar-refractivity contribution in [2.75, 3.05) is 13.2 Å². The van der Waals surface area contributed by atoms with Crippen LogP contribution in [0.4, 0.5) is 0 Å². The molecule has 1 rings (SSSR count). The summed E-state index contributed by atoms with van der Waals surface area (Å²) >= 11 is 0. The number of unbranched alkanes of at least 4 members (excludes halogenated alkanes) is 1. The van der Waals surface area contributed by atoms with Crippen LogP contribution < -0.4 is 0 Å². The molecule has 0 radical (unpaired) electrons. The number of aliphatic hydroxyl groups is 1. The maximum absolute atomic E-state index is 10.7. The highest BCUT2D eigenvalue weighted by molar-refractivity contribution is 5.75. The number of carbonyl (C=O) groups excluding carboxylic acids is 1. The van der Waals surface area contributed by atoms with E-state index >= 15 is 0 Å². The second-order valence-electron chi connectivity index (χ2n) is 4.20. The van der Waals surface area contributed by atoms with Gasteiger partial charge in [0.1, 0.15) is 5.78 Å². The third kappa shape index (κ3) is 3.39. The Morgan fingerprint density at radius 3 is 2.79 bits per heavy atom. The maximum Gasteiger partial charge on any atom is 0.129 e. The molecule has 0 aliphatic carbocycles. The maximum atomic E-state index is 10.7. The first-order valence-corrected chi connectivity index (χ1v) is 5.43. The summed E-state index contributed by atoms with van der Waals surface area (Å²) in [6.45, 7) is 2.51.